The molecule has 16 heavy (non-hydrogen) atoms. The smallest absolute Gasteiger partial charge is 0.212 e. The van der Waals surface area contributed by atoms with Crippen molar-refractivity contribution in [3.63, 3.8) is 0 Å². The predicted octanol–water partition coefficient (Wildman–Crippen LogP) is 1.04. The summed E-state index contributed by atoms with van der Waals surface area (Å²) in [5.41, 5.74) is -0.664. The maximum atomic E-state index is 9.15. The Bertz CT molecular complexity index is 422. The quantitative estimate of drug-likeness (QED) is 0.799. The van der Waals surface area contributed by atoms with E-state index in [1.807, 2.05) is 19.9 Å². The van der Waals surface area contributed by atoms with Crippen LogP contribution in [0.1, 0.15) is 26.1 Å². The summed E-state index contributed by atoms with van der Waals surface area (Å²) in [6.45, 7) is 5.07. The molecule has 5 nitrogen and oxygen atoms in total. The van der Waals surface area contributed by atoms with Crippen molar-refractivity contribution >= 4 is 0 Å². The number of nitriles is 2. The number of hydrogen-bond acceptors (Lipinski definition) is 4. The maximum Gasteiger partial charge on any atom is 0.212 e. The highest BCUT2D eigenvalue weighted by Crippen LogP contribution is 2.08. The van der Waals surface area contributed by atoms with Crippen molar-refractivity contribution in [2.75, 3.05) is 6.54 Å². The number of imidazole rings is 1. The van der Waals surface area contributed by atoms with Crippen molar-refractivity contribution in [2.45, 2.75) is 32.4 Å². The topological polar surface area (TPSA) is 77.4 Å². The minimum atomic E-state index is -0.664. The molecule has 0 spiro atoms. The standard InChI is InChI=1S/C11H15N5/c1-3-4-15-11(2,8-13)9-16-6-5-14-10(16)7-12/h5-6,15H,3-4,9H2,1-2H3. The third kappa shape index (κ3) is 2.82. The van der Waals surface area contributed by atoms with Gasteiger partial charge in [0, 0.05) is 12.4 Å². The van der Waals surface area contributed by atoms with E-state index in [2.05, 4.69) is 16.4 Å². The Hall–Kier alpha value is -1.85. The molecule has 0 aliphatic carbocycles. The number of nitrogens with one attached hydrogen (secondary N) is 1. The van der Waals surface area contributed by atoms with Gasteiger partial charge in [0.05, 0.1) is 12.6 Å². The average molecular weight is 217 g/mol. The van der Waals surface area contributed by atoms with Gasteiger partial charge in [0.2, 0.25) is 5.82 Å². The molecular weight excluding hydrogens is 202 g/mol. The van der Waals surface area contributed by atoms with Crippen LogP contribution in [0.25, 0.3) is 0 Å². The fourth-order valence-electron chi connectivity index (χ4n) is 1.42. The van der Waals surface area contributed by atoms with E-state index >= 15 is 0 Å². The van der Waals surface area contributed by atoms with Gasteiger partial charge in [0.15, 0.2) is 0 Å². The lowest BCUT2D eigenvalue weighted by Crippen LogP contribution is -2.45. The molecule has 1 aromatic rings. The van der Waals surface area contributed by atoms with Crippen molar-refractivity contribution < 1.29 is 0 Å². The molecule has 1 rings (SSSR count). The monoisotopic (exact) mass is 217 g/mol. The molecule has 0 aliphatic heterocycles. The van der Waals surface area contributed by atoms with Crippen LogP contribution in [0.15, 0.2) is 12.4 Å². The molecule has 1 N–H and O–H groups in total. The van der Waals surface area contributed by atoms with Gasteiger partial charge in [-0.1, -0.05) is 6.92 Å². The third-order valence-corrected chi connectivity index (χ3v) is 2.31. The zero-order valence-electron chi connectivity index (χ0n) is 9.56. The Morgan fingerprint density at radius 2 is 2.31 bits per heavy atom. The molecule has 0 aromatic carbocycles. The zero-order valence-corrected chi connectivity index (χ0v) is 9.56. The fraction of sp³-hybridized carbons (Fsp3) is 0.545. The van der Waals surface area contributed by atoms with Gasteiger partial charge >= 0.3 is 0 Å². The van der Waals surface area contributed by atoms with Crippen LogP contribution in [0, 0.1) is 22.7 Å². The van der Waals surface area contributed by atoms with Crippen LogP contribution in [0.5, 0.6) is 0 Å². The van der Waals surface area contributed by atoms with E-state index in [1.165, 1.54) is 0 Å². The van der Waals surface area contributed by atoms with E-state index < -0.39 is 5.54 Å². The Labute approximate surface area is 95.3 Å². The summed E-state index contributed by atoms with van der Waals surface area (Å²) in [6, 6.07) is 4.23. The molecule has 1 heterocycles. The van der Waals surface area contributed by atoms with Gasteiger partial charge in [0.1, 0.15) is 11.6 Å². The van der Waals surface area contributed by atoms with Crippen molar-refractivity contribution in [1.82, 2.24) is 14.9 Å². The first-order valence-electron chi connectivity index (χ1n) is 5.22. The lowest BCUT2D eigenvalue weighted by molar-refractivity contribution is 0.387. The molecule has 0 radical (unpaired) electrons. The lowest BCUT2D eigenvalue weighted by atomic mass is 10.0. The summed E-state index contributed by atoms with van der Waals surface area (Å²) in [4.78, 5) is 3.90. The zero-order chi connectivity index (χ0) is 12.0. The second kappa shape index (κ2) is 5.29. The van der Waals surface area contributed by atoms with Crippen LogP contribution >= 0.6 is 0 Å². The molecule has 0 aliphatic rings. The highest BCUT2D eigenvalue weighted by Gasteiger charge is 2.24. The third-order valence-electron chi connectivity index (χ3n) is 2.31. The highest BCUT2D eigenvalue weighted by atomic mass is 15.1. The van der Waals surface area contributed by atoms with Crippen LogP contribution in [-0.4, -0.2) is 21.6 Å². The van der Waals surface area contributed by atoms with Gasteiger partial charge in [-0.15, -0.1) is 0 Å². The Morgan fingerprint density at radius 1 is 1.56 bits per heavy atom. The molecular formula is C11H15N5. The summed E-state index contributed by atoms with van der Waals surface area (Å²) in [7, 11) is 0. The van der Waals surface area contributed by atoms with Crippen LogP contribution in [0.4, 0.5) is 0 Å². The van der Waals surface area contributed by atoms with Crippen LogP contribution < -0.4 is 5.32 Å². The van der Waals surface area contributed by atoms with Crippen molar-refractivity contribution in [3.05, 3.63) is 18.2 Å². The average Bonchev–Trinajstić information content (AvgIpc) is 2.73. The second-order valence-electron chi connectivity index (χ2n) is 3.86. The Balaban J connectivity index is 2.78. The molecule has 0 bridgehead atoms. The Morgan fingerprint density at radius 3 is 2.88 bits per heavy atom. The molecule has 84 valence electrons. The van der Waals surface area contributed by atoms with E-state index in [1.54, 1.807) is 17.0 Å². The molecule has 1 atom stereocenters. The Kier molecular flexibility index (Phi) is 4.04. The number of rotatable bonds is 5. The molecule has 0 saturated heterocycles. The number of aromatic nitrogens is 2. The number of hydrogen-bond donors (Lipinski definition) is 1. The lowest BCUT2D eigenvalue weighted by Gasteiger charge is -2.23. The molecule has 1 aromatic heterocycles. The summed E-state index contributed by atoms with van der Waals surface area (Å²) in [5, 5.41) is 21.1. The first-order valence-corrected chi connectivity index (χ1v) is 5.22. The van der Waals surface area contributed by atoms with E-state index in [0.717, 1.165) is 13.0 Å². The second-order valence-corrected chi connectivity index (χ2v) is 3.86. The summed E-state index contributed by atoms with van der Waals surface area (Å²) in [5.74, 6) is 0.333. The first kappa shape index (κ1) is 12.2. The van der Waals surface area contributed by atoms with E-state index in [-0.39, 0.29) is 0 Å². The van der Waals surface area contributed by atoms with Gasteiger partial charge in [0.25, 0.3) is 0 Å². The fourth-order valence-corrected chi connectivity index (χ4v) is 1.42. The van der Waals surface area contributed by atoms with Gasteiger partial charge in [-0.05, 0) is 19.9 Å². The number of nitrogens with zero attached hydrogens (tertiary/aromatic N) is 4. The summed E-state index contributed by atoms with van der Waals surface area (Å²) >= 11 is 0. The van der Waals surface area contributed by atoms with Gasteiger partial charge < -0.3 is 4.57 Å². The normalized spacial score (nSPS) is 13.8. The SMILES string of the molecule is CCCNC(C)(C#N)Cn1ccnc1C#N. The van der Waals surface area contributed by atoms with E-state index in [9.17, 15) is 0 Å². The largest absolute Gasteiger partial charge is 0.320 e. The molecule has 5 heteroatoms. The first-order chi connectivity index (χ1) is 7.65. The van der Waals surface area contributed by atoms with Gasteiger partial charge in [-0.2, -0.15) is 10.5 Å². The highest BCUT2D eigenvalue weighted by molar-refractivity contribution is 5.14. The van der Waals surface area contributed by atoms with Crippen molar-refractivity contribution in [3.8, 4) is 12.1 Å². The van der Waals surface area contributed by atoms with Gasteiger partial charge in [-0.3, -0.25) is 5.32 Å². The van der Waals surface area contributed by atoms with Crippen LogP contribution in [0.3, 0.4) is 0 Å². The molecule has 1 unspecified atom stereocenters. The van der Waals surface area contributed by atoms with Crippen LogP contribution in [0.2, 0.25) is 0 Å². The minimum absolute atomic E-state index is 0.333. The van der Waals surface area contributed by atoms with E-state index in [4.69, 9.17) is 10.5 Å². The van der Waals surface area contributed by atoms with Crippen molar-refractivity contribution in [1.29, 1.82) is 10.5 Å². The van der Waals surface area contributed by atoms with Crippen molar-refractivity contribution in [2.24, 2.45) is 0 Å². The molecule has 0 fully saturated rings. The summed E-state index contributed by atoms with van der Waals surface area (Å²) < 4.78 is 1.69. The molecule has 0 amide bonds. The minimum Gasteiger partial charge on any atom is -0.320 e. The van der Waals surface area contributed by atoms with Gasteiger partial charge in [-0.25, -0.2) is 4.98 Å². The predicted molar refractivity (Wildman–Crippen MR) is 59.3 cm³/mol. The molecule has 0 saturated carbocycles. The maximum absolute atomic E-state index is 9.15. The summed E-state index contributed by atoms with van der Waals surface area (Å²) in [6.07, 6.45) is 4.24. The van der Waals surface area contributed by atoms with Crippen LogP contribution in [-0.2, 0) is 6.54 Å². The van der Waals surface area contributed by atoms with E-state index in [0.29, 0.717) is 12.4 Å².